The fourth-order valence-corrected chi connectivity index (χ4v) is 4.48. The highest BCUT2D eigenvalue weighted by Gasteiger charge is 2.44. The van der Waals surface area contributed by atoms with Gasteiger partial charge in [0.25, 0.3) is 0 Å². The number of nitrogens with one attached hydrogen (secondary N) is 1. The third-order valence-electron chi connectivity index (χ3n) is 6.02. The molecule has 1 N–H and O–H groups in total. The number of para-hydroxylation sites is 1. The van der Waals surface area contributed by atoms with Crippen molar-refractivity contribution >= 4 is 11.9 Å². The number of carbonyl (C=O) groups excluding carboxylic acids is 2. The van der Waals surface area contributed by atoms with Crippen molar-refractivity contribution in [3.8, 4) is 16.9 Å². The Morgan fingerprint density at radius 2 is 1.72 bits per heavy atom. The van der Waals surface area contributed by atoms with Gasteiger partial charge in [0.05, 0.1) is 30.2 Å². The second-order valence-electron chi connectivity index (χ2n) is 8.34. The van der Waals surface area contributed by atoms with Gasteiger partial charge in [-0.3, -0.25) is 4.79 Å². The van der Waals surface area contributed by atoms with E-state index in [1.807, 2.05) is 30.3 Å². The molecule has 0 spiro atoms. The van der Waals surface area contributed by atoms with Crippen LogP contribution in [0, 0.1) is 11.7 Å². The molecule has 0 radical (unpaired) electrons. The Labute approximate surface area is 209 Å². The average molecular weight is 490 g/mol. The summed E-state index contributed by atoms with van der Waals surface area (Å²) in [5.74, 6) is -3.17. The second kappa shape index (κ2) is 10.6. The smallest absolute Gasteiger partial charge is 0.336 e. The Bertz CT molecular complexity index is 1310. The quantitative estimate of drug-likeness (QED) is 0.476. The van der Waals surface area contributed by atoms with Gasteiger partial charge >= 0.3 is 11.9 Å². The molecule has 8 heteroatoms. The van der Waals surface area contributed by atoms with Crippen molar-refractivity contribution in [3.05, 3.63) is 95.7 Å². The third-order valence-corrected chi connectivity index (χ3v) is 6.02. The average Bonchev–Trinajstić information content (AvgIpc) is 3.30. The van der Waals surface area contributed by atoms with Crippen LogP contribution in [-0.2, 0) is 19.1 Å². The van der Waals surface area contributed by atoms with Crippen molar-refractivity contribution in [3.63, 3.8) is 0 Å². The molecule has 0 saturated heterocycles. The van der Waals surface area contributed by atoms with E-state index in [2.05, 4.69) is 11.9 Å². The number of allylic oxidation sites excluding steroid dienone is 1. The number of carbonyl (C=O) groups is 2. The molecule has 0 amide bonds. The summed E-state index contributed by atoms with van der Waals surface area (Å²) in [4.78, 5) is 26.4. The highest BCUT2D eigenvalue weighted by atomic mass is 19.1. The topological polar surface area (TPSA) is 82.5 Å². The number of ether oxygens (including phenoxy) is 2. The second-order valence-corrected chi connectivity index (χ2v) is 8.34. The van der Waals surface area contributed by atoms with Gasteiger partial charge in [-0.15, -0.1) is 0 Å². The van der Waals surface area contributed by atoms with Gasteiger partial charge in [0.15, 0.2) is 0 Å². The highest BCUT2D eigenvalue weighted by molar-refractivity contribution is 5.95. The van der Waals surface area contributed by atoms with E-state index in [1.54, 1.807) is 43.8 Å². The normalized spacial score (nSPS) is 17.5. The molecule has 0 aliphatic carbocycles. The van der Waals surface area contributed by atoms with Gasteiger partial charge in [-0.05, 0) is 57.2 Å². The Morgan fingerprint density at radius 1 is 1.06 bits per heavy atom. The largest absolute Gasteiger partial charge is 0.465 e. The Kier molecular flexibility index (Phi) is 7.33. The molecular weight excluding hydrogens is 461 g/mol. The number of aromatic nitrogens is 2. The third kappa shape index (κ3) is 4.79. The van der Waals surface area contributed by atoms with Crippen molar-refractivity contribution in [2.75, 3.05) is 13.2 Å². The molecule has 4 rings (SSSR count). The van der Waals surface area contributed by atoms with E-state index in [4.69, 9.17) is 14.6 Å². The standard InChI is InChI=1S/C28H28FN3O4/c1-5-35-27(33)23-17(3)30-18(4)24(28(34)36-6-2)25(23)22-16-32(21-10-8-7-9-11-21)31-26(22)19-12-14-20(29)15-13-19/h7-16,23,25,30H,3,5-6H2,1-2,4H3. The van der Waals surface area contributed by atoms with Gasteiger partial charge in [0, 0.05) is 34.6 Å². The maximum atomic E-state index is 13.8. The molecule has 7 nitrogen and oxygen atoms in total. The van der Waals surface area contributed by atoms with E-state index in [1.165, 1.54) is 12.1 Å². The zero-order valence-electron chi connectivity index (χ0n) is 20.5. The monoisotopic (exact) mass is 489 g/mol. The first kappa shape index (κ1) is 24.9. The first-order chi connectivity index (χ1) is 17.3. The summed E-state index contributed by atoms with van der Waals surface area (Å²) >= 11 is 0. The Morgan fingerprint density at radius 3 is 2.36 bits per heavy atom. The first-order valence-corrected chi connectivity index (χ1v) is 11.8. The van der Waals surface area contributed by atoms with Gasteiger partial charge in [-0.25, -0.2) is 13.9 Å². The van der Waals surface area contributed by atoms with Gasteiger partial charge < -0.3 is 14.8 Å². The molecule has 2 unspecified atom stereocenters. The van der Waals surface area contributed by atoms with E-state index in [9.17, 15) is 14.0 Å². The summed E-state index contributed by atoms with van der Waals surface area (Å²) in [5.41, 5.74) is 3.73. The molecule has 186 valence electrons. The van der Waals surface area contributed by atoms with Crippen molar-refractivity contribution < 1.29 is 23.5 Å². The number of rotatable bonds is 7. The van der Waals surface area contributed by atoms with Crippen molar-refractivity contribution in [2.45, 2.75) is 26.7 Å². The van der Waals surface area contributed by atoms with Gasteiger partial charge in [-0.2, -0.15) is 5.10 Å². The summed E-state index contributed by atoms with van der Waals surface area (Å²) in [7, 11) is 0. The van der Waals surface area contributed by atoms with Crippen LogP contribution in [0.2, 0.25) is 0 Å². The van der Waals surface area contributed by atoms with E-state index >= 15 is 0 Å². The van der Waals surface area contributed by atoms with Crippen LogP contribution >= 0.6 is 0 Å². The van der Waals surface area contributed by atoms with Crippen LogP contribution in [0.4, 0.5) is 4.39 Å². The summed E-state index contributed by atoms with van der Waals surface area (Å²) < 4.78 is 26.2. The molecule has 0 fully saturated rings. The van der Waals surface area contributed by atoms with Crippen molar-refractivity contribution in [1.82, 2.24) is 15.1 Å². The number of halogens is 1. The minimum absolute atomic E-state index is 0.168. The molecular formula is C28H28FN3O4. The Balaban J connectivity index is 1.99. The minimum atomic E-state index is -0.916. The van der Waals surface area contributed by atoms with Crippen LogP contribution in [0.3, 0.4) is 0 Å². The Hall–Kier alpha value is -4.20. The van der Waals surface area contributed by atoms with Gasteiger partial charge in [0.1, 0.15) is 11.7 Å². The maximum Gasteiger partial charge on any atom is 0.336 e. The predicted octanol–water partition coefficient (Wildman–Crippen LogP) is 4.90. The lowest BCUT2D eigenvalue weighted by atomic mass is 9.75. The maximum absolute atomic E-state index is 13.8. The van der Waals surface area contributed by atoms with E-state index in [0.29, 0.717) is 33.8 Å². The molecule has 1 aliphatic heterocycles. The molecule has 2 atom stereocenters. The van der Waals surface area contributed by atoms with Crippen LogP contribution in [0.25, 0.3) is 16.9 Å². The SMILES string of the molecule is C=C1NC(C)=C(C(=O)OCC)C(c2cn(-c3ccccc3)nc2-c2ccc(F)cc2)C1C(=O)OCC. The molecule has 3 aromatic rings. The van der Waals surface area contributed by atoms with Gasteiger partial charge in [-0.1, -0.05) is 24.8 Å². The fraction of sp³-hybridized carbons (Fsp3) is 0.250. The van der Waals surface area contributed by atoms with Crippen LogP contribution in [0.15, 0.2) is 84.3 Å². The number of hydrogen-bond donors (Lipinski definition) is 1. The van der Waals surface area contributed by atoms with E-state index in [-0.39, 0.29) is 19.0 Å². The van der Waals surface area contributed by atoms with Crippen molar-refractivity contribution in [1.29, 1.82) is 0 Å². The summed E-state index contributed by atoms with van der Waals surface area (Å²) in [5, 5.41) is 7.87. The fourth-order valence-electron chi connectivity index (χ4n) is 4.48. The lowest BCUT2D eigenvalue weighted by Gasteiger charge is -2.34. The van der Waals surface area contributed by atoms with Crippen LogP contribution in [0.5, 0.6) is 0 Å². The van der Waals surface area contributed by atoms with Gasteiger partial charge in [0.2, 0.25) is 0 Å². The zero-order valence-corrected chi connectivity index (χ0v) is 20.5. The molecule has 2 aromatic carbocycles. The highest BCUT2D eigenvalue weighted by Crippen LogP contribution is 2.44. The minimum Gasteiger partial charge on any atom is -0.465 e. The predicted molar refractivity (Wildman–Crippen MR) is 133 cm³/mol. The van der Waals surface area contributed by atoms with Crippen LogP contribution < -0.4 is 5.32 Å². The summed E-state index contributed by atoms with van der Waals surface area (Å²) in [6.07, 6.45) is 1.79. The van der Waals surface area contributed by atoms with Crippen LogP contribution in [0.1, 0.15) is 32.3 Å². The number of hydrogen-bond acceptors (Lipinski definition) is 6. The van der Waals surface area contributed by atoms with E-state index < -0.39 is 23.8 Å². The molecule has 1 aromatic heterocycles. The lowest BCUT2D eigenvalue weighted by Crippen LogP contribution is -2.39. The lowest BCUT2D eigenvalue weighted by molar-refractivity contribution is -0.147. The van der Waals surface area contributed by atoms with E-state index in [0.717, 1.165) is 5.69 Å². The molecule has 0 bridgehead atoms. The molecule has 1 aliphatic rings. The molecule has 0 saturated carbocycles. The van der Waals surface area contributed by atoms with Crippen molar-refractivity contribution in [2.24, 2.45) is 5.92 Å². The van der Waals surface area contributed by atoms with Crippen LogP contribution in [-0.4, -0.2) is 34.9 Å². The first-order valence-electron chi connectivity index (χ1n) is 11.8. The molecule has 2 heterocycles. The molecule has 36 heavy (non-hydrogen) atoms. The number of benzene rings is 2. The zero-order chi connectivity index (χ0) is 25.8. The summed E-state index contributed by atoms with van der Waals surface area (Å²) in [6, 6.07) is 15.4. The number of nitrogens with zero attached hydrogens (tertiary/aromatic N) is 2. The number of esters is 2. The summed E-state index contributed by atoms with van der Waals surface area (Å²) in [6.45, 7) is 9.58.